The van der Waals surface area contributed by atoms with E-state index in [2.05, 4.69) is 4.90 Å². The molecule has 0 bridgehead atoms. The van der Waals surface area contributed by atoms with Crippen LogP contribution in [0.1, 0.15) is 28.8 Å². The second kappa shape index (κ2) is 7.45. The van der Waals surface area contributed by atoms with Gasteiger partial charge in [0.05, 0.1) is 13.2 Å². The maximum absolute atomic E-state index is 10.8. The first kappa shape index (κ1) is 17.1. The maximum atomic E-state index is 10.8. The van der Waals surface area contributed by atoms with Crippen LogP contribution in [0.3, 0.4) is 0 Å². The lowest BCUT2D eigenvalue weighted by Crippen LogP contribution is -2.62. The summed E-state index contributed by atoms with van der Waals surface area (Å²) in [7, 11) is 0. The van der Waals surface area contributed by atoms with E-state index in [1.165, 1.54) is 0 Å². The van der Waals surface area contributed by atoms with Gasteiger partial charge in [0.15, 0.2) is 0 Å². The second-order valence-corrected chi connectivity index (χ2v) is 7.11. The van der Waals surface area contributed by atoms with Gasteiger partial charge in [-0.1, -0.05) is 0 Å². The monoisotopic (exact) mass is 331 g/mol. The number of aryl methyl sites for hydroxylation is 1. The fraction of sp³-hybridized carbons (Fsp3) is 0.579. The van der Waals surface area contributed by atoms with Crippen molar-refractivity contribution in [3.63, 3.8) is 0 Å². The smallest absolute Gasteiger partial charge is 0.150 e. The van der Waals surface area contributed by atoms with Crippen molar-refractivity contribution in [2.24, 2.45) is 11.3 Å². The van der Waals surface area contributed by atoms with Crippen molar-refractivity contribution in [3.8, 4) is 5.75 Å². The van der Waals surface area contributed by atoms with E-state index >= 15 is 0 Å². The van der Waals surface area contributed by atoms with Crippen molar-refractivity contribution >= 4 is 12.6 Å². The zero-order chi connectivity index (χ0) is 17.0. The van der Waals surface area contributed by atoms with Crippen LogP contribution in [0, 0.1) is 18.3 Å². The molecule has 5 nitrogen and oxygen atoms in total. The topological polar surface area (TPSA) is 55.8 Å². The van der Waals surface area contributed by atoms with Gasteiger partial charge in [0.2, 0.25) is 0 Å². The van der Waals surface area contributed by atoms with Crippen LogP contribution >= 0.6 is 0 Å². The molecule has 0 radical (unpaired) electrons. The number of carbonyl (C=O) groups is 2. The fourth-order valence-corrected chi connectivity index (χ4v) is 3.85. The molecule has 1 aromatic carbocycles. The predicted octanol–water partition coefficient (Wildman–Crippen LogP) is 2.11. The molecule has 2 aliphatic rings. The Morgan fingerprint density at radius 3 is 2.67 bits per heavy atom. The highest BCUT2D eigenvalue weighted by molar-refractivity contribution is 5.77. The lowest BCUT2D eigenvalue weighted by molar-refractivity contribution is -0.132. The summed E-state index contributed by atoms with van der Waals surface area (Å²) in [6, 6.07) is 5.45. The minimum Gasteiger partial charge on any atom is -0.491 e. The summed E-state index contributed by atoms with van der Waals surface area (Å²) in [5, 5.41) is 0. The third-order valence-corrected chi connectivity index (χ3v) is 5.12. The molecule has 3 rings (SSSR count). The van der Waals surface area contributed by atoms with Crippen molar-refractivity contribution < 1.29 is 19.1 Å². The summed E-state index contributed by atoms with van der Waals surface area (Å²) in [5.74, 6) is 1.07. The Labute approximate surface area is 142 Å². The number of hydrogen-bond acceptors (Lipinski definition) is 5. The number of likely N-dealkylation sites (tertiary alicyclic amines) is 1. The molecule has 1 saturated heterocycles. The van der Waals surface area contributed by atoms with Crippen molar-refractivity contribution in [2.75, 3.05) is 39.5 Å². The van der Waals surface area contributed by atoms with E-state index in [-0.39, 0.29) is 0 Å². The Bertz CT molecular complexity index is 587. The molecule has 130 valence electrons. The minimum absolute atomic E-state index is 0.310. The van der Waals surface area contributed by atoms with Crippen LogP contribution < -0.4 is 4.74 Å². The average Bonchev–Trinajstić information content (AvgIpc) is 2.50. The standard InChI is InChI=1S/C19H25NO4/c1-15-8-18(3-2-17(15)12-22)24-7-6-23-5-4-20-13-19(14-20)9-16(10-19)11-21/h2-3,8,11-12,16H,4-7,9-10,13-14H2,1H3. The van der Waals surface area contributed by atoms with Crippen LogP contribution in [0.25, 0.3) is 0 Å². The maximum Gasteiger partial charge on any atom is 0.150 e. The van der Waals surface area contributed by atoms with Crippen molar-refractivity contribution in [1.82, 2.24) is 4.90 Å². The Hall–Kier alpha value is -1.72. The highest BCUT2D eigenvalue weighted by Crippen LogP contribution is 2.50. The van der Waals surface area contributed by atoms with Crippen LogP contribution in [0.5, 0.6) is 5.75 Å². The fourth-order valence-electron chi connectivity index (χ4n) is 3.85. The molecule has 24 heavy (non-hydrogen) atoms. The molecular formula is C19H25NO4. The van der Waals surface area contributed by atoms with Gasteiger partial charge in [-0.05, 0) is 48.9 Å². The van der Waals surface area contributed by atoms with Crippen molar-refractivity contribution in [2.45, 2.75) is 19.8 Å². The molecule has 1 saturated carbocycles. The predicted molar refractivity (Wildman–Crippen MR) is 90.5 cm³/mol. The zero-order valence-corrected chi connectivity index (χ0v) is 14.2. The van der Waals surface area contributed by atoms with E-state index in [1.807, 2.05) is 19.1 Å². The third-order valence-electron chi connectivity index (χ3n) is 5.12. The van der Waals surface area contributed by atoms with Crippen LogP contribution in [0.2, 0.25) is 0 Å². The number of benzene rings is 1. The summed E-state index contributed by atoms with van der Waals surface area (Å²) in [5.41, 5.74) is 2.06. The minimum atomic E-state index is 0.310. The lowest BCUT2D eigenvalue weighted by atomic mass is 9.58. The Morgan fingerprint density at radius 2 is 2.00 bits per heavy atom. The number of rotatable bonds is 9. The molecule has 0 unspecified atom stereocenters. The number of carbonyl (C=O) groups excluding carboxylic acids is 2. The normalized spacial score (nSPS) is 19.5. The largest absolute Gasteiger partial charge is 0.491 e. The van der Waals surface area contributed by atoms with E-state index in [0.717, 1.165) is 56.4 Å². The highest BCUT2D eigenvalue weighted by atomic mass is 16.5. The van der Waals surface area contributed by atoms with Crippen molar-refractivity contribution in [3.05, 3.63) is 29.3 Å². The lowest BCUT2D eigenvalue weighted by Gasteiger charge is -2.58. The van der Waals surface area contributed by atoms with E-state index < -0.39 is 0 Å². The molecule has 2 fully saturated rings. The van der Waals surface area contributed by atoms with E-state index in [9.17, 15) is 9.59 Å². The highest BCUT2D eigenvalue weighted by Gasteiger charge is 2.51. The van der Waals surface area contributed by atoms with Gasteiger partial charge in [-0.15, -0.1) is 0 Å². The summed E-state index contributed by atoms with van der Waals surface area (Å²) in [4.78, 5) is 23.8. The molecule has 0 atom stereocenters. The average molecular weight is 331 g/mol. The Kier molecular flexibility index (Phi) is 5.31. The quantitative estimate of drug-likeness (QED) is 0.512. The van der Waals surface area contributed by atoms with Crippen LogP contribution in [0.15, 0.2) is 18.2 Å². The SMILES string of the molecule is Cc1cc(OCCOCCN2CC3(CC(C=O)C3)C2)ccc1C=O. The first-order valence-corrected chi connectivity index (χ1v) is 8.58. The Balaban J connectivity index is 1.23. The first-order valence-electron chi connectivity index (χ1n) is 8.58. The number of ether oxygens (including phenoxy) is 2. The number of hydrogen-bond donors (Lipinski definition) is 0. The van der Waals surface area contributed by atoms with Gasteiger partial charge in [-0.3, -0.25) is 9.69 Å². The number of nitrogens with zero attached hydrogens (tertiary/aromatic N) is 1. The summed E-state index contributed by atoms with van der Waals surface area (Å²) >= 11 is 0. The molecule has 1 aromatic rings. The van der Waals surface area contributed by atoms with Gasteiger partial charge in [0, 0.05) is 31.1 Å². The molecule has 0 N–H and O–H groups in total. The van der Waals surface area contributed by atoms with E-state index in [4.69, 9.17) is 9.47 Å². The van der Waals surface area contributed by atoms with Crippen LogP contribution in [-0.2, 0) is 9.53 Å². The molecular weight excluding hydrogens is 306 g/mol. The molecule has 1 aliphatic heterocycles. The molecule has 0 aromatic heterocycles. The van der Waals surface area contributed by atoms with Gasteiger partial charge < -0.3 is 14.3 Å². The molecule has 1 spiro atoms. The zero-order valence-electron chi connectivity index (χ0n) is 14.2. The third kappa shape index (κ3) is 3.84. The van der Waals surface area contributed by atoms with E-state index in [1.54, 1.807) is 6.07 Å². The Morgan fingerprint density at radius 1 is 1.21 bits per heavy atom. The second-order valence-electron chi connectivity index (χ2n) is 7.11. The van der Waals surface area contributed by atoms with Gasteiger partial charge in [-0.25, -0.2) is 0 Å². The summed E-state index contributed by atoms with van der Waals surface area (Å²) in [6.07, 6.45) is 4.10. The first-order chi connectivity index (χ1) is 11.6. The molecule has 1 aliphatic carbocycles. The van der Waals surface area contributed by atoms with Gasteiger partial charge in [0.25, 0.3) is 0 Å². The van der Waals surface area contributed by atoms with Crippen LogP contribution in [0.4, 0.5) is 0 Å². The number of aldehydes is 2. The van der Waals surface area contributed by atoms with Gasteiger partial charge in [-0.2, -0.15) is 0 Å². The van der Waals surface area contributed by atoms with Crippen molar-refractivity contribution in [1.29, 1.82) is 0 Å². The summed E-state index contributed by atoms with van der Waals surface area (Å²) in [6.45, 7) is 6.83. The van der Waals surface area contributed by atoms with E-state index in [0.29, 0.717) is 36.7 Å². The van der Waals surface area contributed by atoms with Gasteiger partial charge in [0.1, 0.15) is 24.9 Å². The molecule has 5 heteroatoms. The molecule has 1 heterocycles. The summed E-state index contributed by atoms with van der Waals surface area (Å²) < 4.78 is 11.2. The van der Waals surface area contributed by atoms with Gasteiger partial charge >= 0.3 is 0 Å². The molecule has 0 amide bonds. The van der Waals surface area contributed by atoms with Crippen LogP contribution in [-0.4, -0.2) is 56.9 Å².